The molecule has 1 fully saturated rings. The number of benzene rings is 1. The molecular formula is C16H20ClNO3. The molecule has 3 rings (SSSR count). The van der Waals surface area contributed by atoms with Crippen LogP contribution in [0.15, 0.2) is 18.2 Å². The highest BCUT2D eigenvalue weighted by molar-refractivity contribution is 6.17. The average Bonchev–Trinajstić information content (AvgIpc) is 3.00. The van der Waals surface area contributed by atoms with Gasteiger partial charge in [0.15, 0.2) is 0 Å². The summed E-state index contributed by atoms with van der Waals surface area (Å²) in [5.41, 5.74) is 3.10. The summed E-state index contributed by atoms with van der Waals surface area (Å²) in [6.45, 7) is 3.36. The van der Waals surface area contributed by atoms with E-state index in [4.69, 9.17) is 21.1 Å². The summed E-state index contributed by atoms with van der Waals surface area (Å²) in [6.07, 6.45) is 2.01. The molecule has 2 aliphatic rings. The Morgan fingerprint density at radius 2 is 2.05 bits per heavy atom. The molecule has 0 bridgehead atoms. The number of piperidine rings is 1. The number of alkyl halides is 1. The molecule has 0 unspecified atom stereocenters. The lowest BCUT2D eigenvalue weighted by Crippen LogP contribution is -2.41. The number of ether oxygens (including phenoxy) is 2. The van der Waals surface area contributed by atoms with Gasteiger partial charge in [-0.05, 0) is 36.1 Å². The van der Waals surface area contributed by atoms with Crippen molar-refractivity contribution in [2.24, 2.45) is 0 Å². The Balaban J connectivity index is 1.59. The van der Waals surface area contributed by atoms with E-state index in [0.717, 1.165) is 37.1 Å². The molecule has 0 aromatic heterocycles. The van der Waals surface area contributed by atoms with E-state index >= 15 is 0 Å². The van der Waals surface area contributed by atoms with Crippen molar-refractivity contribution < 1.29 is 14.3 Å². The normalized spacial score (nSPS) is 18.8. The van der Waals surface area contributed by atoms with Gasteiger partial charge in [-0.2, -0.15) is 0 Å². The molecule has 2 aliphatic heterocycles. The number of nitrogens with zero attached hydrogens (tertiary/aromatic N) is 1. The third-order valence-electron chi connectivity index (χ3n) is 4.13. The van der Waals surface area contributed by atoms with Gasteiger partial charge in [0.05, 0.1) is 25.9 Å². The average molecular weight is 310 g/mol. The first kappa shape index (κ1) is 14.8. The highest BCUT2D eigenvalue weighted by Gasteiger charge is 2.24. The van der Waals surface area contributed by atoms with E-state index in [2.05, 4.69) is 0 Å². The van der Waals surface area contributed by atoms with Crippen molar-refractivity contribution in [1.29, 1.82) is 0 Å². The number of rotatable bonds is 4. The third kappa shape index (κ3) is 3.39. The van der Waals surface area contributed by atoms with E-state index in [1.165, 1.54) is 5.56 Å². The second-order valence-corrected chi connectivity index (χ2v) is 5.91. The molecule has 5 heteroatoms. The first-order valence-corrected chi connectivity index (χ1v) is 7.98. The smallest absolute Gasteiger partial charge is 0.253 e. The Morgan fingerprint density at radius 3 is 2.81 bits per heavy atom. The number of hydrogen-bond acceptors (Lipinski definition) is 3. The minimum absolute atomic E-state index is 0.112. The molecule has 1 aromatic rings. The number of amides is 1. The van der Waals surface area contributed by atoms with Gasteiger partial charge in [-0.3, -0.25) is 4.79 Å². The highest BCUT2D eigenvalue weighted by atomic mass is 35.5. The molecular weight excluding hydrogens is 290 g/mol. The second kappa shape index (κ2) is 6.77. The summed E-state index contributed by atoms with van der Waals surface area (Å²) in [7, 11) is 0. The topological polar surface area (TPSA) is 38.8 Å². The van der Waals surface area contributed by atoms with E-state index in [1.807, 2.05) is 23.1 Å². The lowest BCUT2D eigenvalue weighted by molar-refractivity contribution is 0.0154. The van der Waals surface area contributed by atoms with E-state index in [-0.39, 0.29) is 12.0 Å². The summed E-state index contributed by atoms with van der Waals surface area (Å²) < 4.78 is 11.0. The number of hydrogen-bond donors (Lipinski definition) is 0. The van der Waals surface area contributed by atoms with Gasteiger partial charge in [0.25, 0.3) is 5.91 Å². The van der Waals surface area contributed by atoms with Crippen molar-refractivity contribution >= 4 is 17.5 Å². The van der Waals surface area contributed by atoms with Crippen LogP contribution in [0.1, 0.15) is 34.3 Å². The highest BCUT2D eigenvalue weighted by Crippen LogP contribution is 2.23. The molecule has 1 aromatic carbocycles. The minimum atomic E-state index is 0.112. The van der Waals surface area contributed by atoms with Gasteiger partial charge in [-0.25, -0.2) is 0 Å². The van der Waals surface area contributed by atoms with Crippen LogP contribution in [0.2, 0.25) is 0 Å². The zero-order valence-corrected chi connectivity index (χ0v) is 12.8. The van der Waals surface area contributed by atoms with Crippen LogP contribution in [0.5, 0.6) is 0 Å². The lowest BCUT2D eigenvalue weighted by Gasteiger charge is -2.32. The summed E-state index contributed by atoms with van der Waals surface area (Å²) in [6, 6.07) is 5.89. The molecule has 4 nitrogen and oxygen atoms in total. The van der Waals surface area contributed by atoms with Gasteiger partial charge in [0, 0.05) is 24.5 Å². The number of carbonyl (C=O) groups excluding carboxylic acids is 1. The van der Waals surface area contributed by atoms with Crippen LogP contribution in [0.25, 0.3) is 0 Å². The van der Waals surface area contributed by atoms with Crippen LogP contribution in [0.3, 0.4) is 0 Å². The molecule has 0 atom stereocenters. The van der Waals surface area contributed by atoms with Crippen LogP contribution < -0.4 is 0 Å². The fraction of sp³-hybridized carbons (Fsp3) is 0.562. The molecule has 114 valence electrons. The summed E-state index contributed by atoms with van der Waals surface area (Å²) in [5, 5.41) is 0. The van der Waals surface area contributed by atoms with E-state index in [1.54, 1.807) is 0 Å². The maximum absolute atomic E-state index is 12.5. The molecule has 1 amide bonds. The Hall–Kier alpha value is -1.10. The number of halogens is 1. The number of fused-ring (bicyclic) bond motifs is 1. The van der Waals surface area contributed by atoms with Gasteiger partial charge in [-0.1, -0.05) is 6.07 Å². The molecule has 0 saturated carbocycles. The molecule has 0 radical (unpaired) electrons. The van der Waals surface area contributed by atoms with Crippen molar-refractivity contribution in [2.45, 2.75) is 32.2 Å². The SMILES string of the molecule is O=C(c1ccc2c(c1)COC2)N1CCC(OCCCl)CC1. The van der Waals surface area contributed by atoms with Gasteiger partial charge in [0.1, 0.15) is 0 Å². The monoisotopic (exact) mass is 309 g/mol. The third-order valence-corrected chi connectivity index (χ3v) is 4.28. The number of likely N-dealkylation sites (tertiary alicyclic amines) is 1. The lowest BCUT2D eigenvalue weighted by atomic mass is 10.0. The van der Waals surface area contributed by atoms with Gasteiger partial charge in [-0.15, -0.1) is 11.6 Å². The predicted octanol–water partition coefficient (Wildman–Crippen LogP) is 2.58. The standard InChI is InChI=1S/C16H20ClNO3/c17-5-8-21-15-3-6-18(7-4-15)16(19)12-1-2-13-10-20-11-14(13)9-12/h1-2,9,15H,3-8,10-11H2. The van der Waals surface area contributed by atoms with Crippen LogP contribution in [0, 0.1) is 0 Å². The zero-order chi connectivity index (χ0) is 14.7. The summed E-state index contributed by atoms with van der Waals surface area (Å²) >= 11 is 5.63. The zero-order valence-electron chi connectivity index (χ0n) is 12.0. The Kier molecular flexibility index (Phi) is 4.78. The van der Waals surface area contributed by atoms with Crippen LogP contribution in [-0.4, -0.2) is 42.5 Å². The quantitative estimate of drug-likeness (QED) is 0.802. The maximum atomic E-state index is 12.5. The molecule has 0 spiro atoms. The minimum Gasteiger partial charge on any atom is -0.377 e. The Morgan fingerprint density at radius 1 is 1.29 bits per heavy atom. The van der Waals surface area contributed by atoms with Crippen molar-refractivity contribution in [3.63, 3.8) is 0 Å². The fourth-order valence-electron chi connectivity index (χ4n) is 2.92. The van der Waals surface area contributed by atoms with Gasteiger partial charge < -0.3 is 14.4 Å². The molecule has 2 heterocycles. The predicted molar refractivity (Wildman–Crippen MR) is 80.5 cm³/mol. The summed E-state index contributed by atoms with van der Waals surface area (Å²) in [5.74, 6) is 0.636. The van der Waals surface area contributed by atoms with Crippen LogP contribution in [-0.2, 0) is 22.7 Å². The maximum Gasteiger partial charge on any atom is 0.253 e. The first-order valence-electron chi connectivity index (χ1n) is 7.44. The van der Waals surface area contributed by atoms with Crippen LogP contribution >= 0.6 is 11.6 Å². The first-order chi connectivity index (χ1) is 10.3. The van der Waals surface area contributed by atoms with E-state index < -0.39 is 0 Å². The van der Waals surface area contributed by atoms with Crippen LogP contribution in [0.4, 0.5) is 0 Å². The van der Waals surface area contributed by atoms with Crippen molar-refractivity contribution in [1.82, 2.24) is 4.90 Å². The van der Waals surface area contributed by atoms with Crippen molar-refractivity contribution in [2.75, 3.05) is 25.6 Å². The molecule has 21 heavy (non-hydrogen) atoms. The molecule has 0 N–H and O–H groups in total. The van der Waals surface area contributed by atoms with Gasteiger partial charge in [0.2, 0.25) is 0 Å². The van der Waals surface area contributed by atoms with E-state index in [9.17, 15) is 4.79 Å². The summed E-state index contributed by atoms with van der Waals surface area (Å²) in [4.78, 5) is 14.5. The Labute approximate surface area is 130 Å². The van der Waals surface area contributed by atoms with E-state index in [0.29, 0.717) is 25.7 Å². The van der Waals surface area contributed by atoms with Crippen molar-refractivity contribution in [3.05, 3.63) is 34.9 Å². The van der Waals surface area contributed by atoms with Crippen molar-refractivity contribution in [3.8, 4) is 0 Å². The Bertz CT molecular complexity index is 512. The largest absolute Gasteiger partial charge is 0.377 e. The van der Waals surface area contributed by atoms with Gasteiger partial charge >= 0.3 is 0 Å². The number of carbonyl (C=O) groups is 1. The molecule has 0 aliphatic carbocycles. The second-order valence-electron chi connectivity index (χ2n) is 5.53. The fourth-order valence-corrected chi connectivity index (χ4v) is 3.01. The molecule has 1 saturated heterocycles.